The molecule has 2 heterocycles. The average Bonchev–Trinajstić information content (AvgIpc) is 3.14. The van der Waals surface area contributed by atoms with E-state index in [4.69, 9.17) is 0 Å². The van der Waals surface area contributed by atoms with E-state index in [0.717, 1.165) is 39.5 Å². The van der Waals surface area contributed by atoms with Gasteiger partial charge in [-0.05, 0) is 41.6 Å². The number of benzene rings is 2. The van der Waals surface area contributed by atoms with Crippen molar-refractivity contribution in [1.29, 1.82) is 0 Å². The summed E-state index contributed by atoms with van der Waals surface area (Å²) >= 11 is 2.19. The van der Waals surface area contributed by atoms with E-state index in [1.807, 2.05) is 24.3 Å². The lowest BCUT2D eigenvalue weighted by molar-refractivity contribution is -0.274. The second-order valence-electron chi connectivity index (χ2n) is 7.97. The number of halogens is 3. The number of hydrogen-bond donors (Lipinski definition) is 0. The number of carbonyl (C=O) groups excluding carboxylic acids is 2. The van der Waals surface area contributed by atoms with Crippen molar-refractivity contribution in [3.05, 3.63) is 59.7 Å². The number of rotatable bonds is 8. The molecule has 0 spiro atoms. The van der Waals surface area contributed by atoms with E-state index in [9.17, 15) is 31.2 Å². The molecule has 2 aromatic carbocycles. The molecule has 1 fully saturated rings. The summed E-state index contributed by atoms with van der Waals surface area (Å²) in [5.41, 5.74) is 1.20. The molecule has 0 saturated carbocycles. The van der Waals surface area contributed by atoms with Gasteiger partial charge in [0.25, 0.3) is 5.12 Å². The summed E-state index contributed by atoms with van der Waals surface area (Å²) in [6.45, 7) is 1.80. The van der Waals surface area contributed by atoms with Crippen LogP contribution in [0.5, 0.6) is 5.75 Å². The zero-order valence-corrected chi connectivity index (χ0v) is 21.4. The van der Waals surface area contributed by atoms with Crippen molar-refractivity contribution in [3.63, 3.8) is 0 Å². The number of ether oxygens (including phenoxy) is 1. The van der Waals surface area contributed by atoms with Crippen LogP contribution in [0.4, 0.5) is 18.2 Å². The van der Waals surface area contributed by atoms with Gasteiger partial charge in [0.15, 0.2) is 0 Å². The molecule has 4 rings (SSSR count). The van der Waals surface area contributed by atoms with Crippen LogP contribution in [0, 0.1) is 6.92 Å². The summed E-state index contributed by atoms with van der Waals surface area (Å²) in [4.78, 5) is 25.1. The van der Waals surface area contributed by atoms with E-state index < -0.39 is 38.9 Å². The number of alkyl halides is 3. The van der Waals surface area contributed by atoms with Gasteiger partial charge in [0.2, 0.25) is 10.0 Å². The van der Waals surface area contributed by atoms with Gasteiger partial charge in [-0.3, -0.25) is 13.9 Å². The first-order chi connectivity index (χ1) is 16.9. The van der Waals surface area contributed by atoms with Crippen molar-refractivity contribution >= 4 is 59.2 Å². The summed E-state index contributed by atoms with van der Waals surface area (Å²) in [6.07, 6.45) is -4.84. The highest BCUT2D eigenvalue weighted by Gasteiger charge is 2.32. The second-order valence-corrected chi connectivity index (χ2v) is 12.1. The van der Waals surface area contributed by atoms with Crippen LogP contribution in [-0.2, 0) is 26.2 Å². The van der Waals surface area contributed by atoms with Crippen molar-refractivity contribution in [3.8, 4) is 5.75 Å². The number of nitrogens with zero attached hydrogens (tertiary/aromatic N) is 2. The van der Waals surface area contributed by atoms with Gasteiger partial charge in [0, 0.05) is 23.5 Å². The molecule has 0 bridgehead atoms. The first-order valence-corrected chi connectivity index (χ1v) is 14.1. The molecule has 1 aromatic heterocycles. The third-order valence-corrected chi connectivity index (χ3v) is 9.46. The Kier molecular flexibility index (Phi) is 7.53. The van der Waals surface area contributed by atoms with Gasteiger partial charge < -0.3 is 9.64 Å². The van der Waals surface area contributed by atoms with Crippen LogP contribution in [0.1, 0.15) is 11.1 Å². The highest BCUT2D eigenvalue weighted by Crippen LogP contribution is 2.39. The topological polar surface area (TPSA) is 84.0 Å². The van der Waals surface area contributed by atoms with Crippen LogP contribution in [0.15, 0.2) is 48.5 Å². The first kappa shape index (κ1) is 26.3. The van der Waals surface area contributed by atoms with Gasteiger partial charge in [-0.2, -0.15) is 0 Å². The van der Waals surface area contributed by atoms with E-state index in [1.165, 1.54) is 32.7 Å². The van der Waals surface area contributed by atoms with Crippen LogP contribution in [0.25, 0.3) is 10.1 Å². The quantitative estimate of drug-likeness (QED) is 0.378. The maximum atomic E-state index is 13.6. The lowest BCUT2D eigenvalue weighted by Crippen LogP contribution is -2.45. The number of carbonyl (C=O) groups is 2. The lowest BCUT2D eigenvalue weighted by atomic mass is 10.2. The van der Waals surface area contributed by atoms with Gasteiger partial charge in [0.1, 0.15) is 10.8 Å². The molecule has 0 unspecified atom stereocenters. The molecular formula is C23H21F3N2O5S3. The minimum atomic E-state index is -4.84. The van der Waals surface area contributed by atoms with Crippen LogP contribution in [0.3, 0.4) is 0 Å². The van der Waals surface area contributed by atoms with Crippen molar-refractivity contribution in [2.24, 2.45) is 0 Å². The van der Waals surface area contributed by atoms with Crippen molar-refractivity contribution in [1.82, 2.24) is 4.90 Å². The Labute approximate surface area is 213 Å². The van der Waals surface area contributed by atoms with E-state index in [0.29, 0.717) is 16.3 Å². The molecule has 192 valence electrons. The zero-order valence-electron chi connectivity index (χ0n) is 18.9. The van der Waals surface area contributed by atoms with Crippen molar-refractivity contribution in [2.75, 3.05) is 28.9 Å². The molecule has 1 aliphatic heterocycles. The second kappa shape index (κ2) is 10.3. The number of aryl methyl sites for hydroxylation is 1. The molecule has 1 aliphatic rings. The van der Waals surface area contributed by atoms with E-state index in [-0.39, 0.29) is 19.6 Å². The zero-order chi connectivity index (χ0) is 26.1. The monoisotopic (exact) mass is 558 g/mol. The Morgan fingerprint density at radius 1 is 1.08 bits per heavy atom. The molecular weight excluding hydrogens is 537 g/mol. The summed E-state index contributed by atoms with van der Waals surface area (Å²) in [7, 11) is -4.00. The molecule has 0 N–H and O–H groups in total. The fraction of sp³-hybridized carbons (Fsp3) is 0.304. The van der Waals surface area contributed by atoms with E-state index in [1.54, 1.807) is 6.92 Å². The normalized spacial score (nSPS) is 14.9. The molecule has 36 heavy (non-hydrogen) atoms. The number of hydrogen-bond acceptors (Lipinski definition) is 7. The first-order valence-electron chi connectivity index (χ1n) is 10.7. The number of sulfonamides is 1. The third kappa shape index (κ3) is 5.95. The minimum Gasteiger partial charge on any atom is -0.406 e. The molecule has 13 heteroatoms. The van der Waals surface area contributed by atoms with Crippen LogP contribution in [0.2, 0.25) is 0 Å². The van der Waals surface area contributed by atoms with Gasteiger partial charge in [-0.25, -0.2) is 8.42 Å². The van der Waals surface area contributed by atoms with Gasteiger partial charge in [-0.1, -0.05) is 42.1 Å². The number of amides is 1. The lowest BCUT2D eigenvalue weighted by Gasteiger charge is -2.28. The number of thiophene rings is 1. The molecule has 0 aliphatic carbocycles. The summed E-state index contributed by atoms with van der Waals surface area (Å²) < 4.78 is 70.7. The SMILES string of the molecule is Cc1c(N(Cc2ccc(OC(F)(F)F)cc2)S(=O)(=O)CCN2CCSC(=O)C2=O)sc2ccccc12. The van der Waals surface area contributed by atoms with Gasteiger partial charge in [0.05, 0.1) is 12.3 Å². The summed E-state index contributed by atoms with van der Waals surface area (Å²) in [5, 5.41) is 0.751. The molecule has 0 radical (unpaired) electrons. The number of fused-ring (bicyclic) bond motifs is 1. The van der Waals surface area contributed by atoms with E-state index in [2.05, 4.69) is 4.74 Å². The van der Waals surface area contributed by atoms with Crippen molar-refractivity contribution in [2.45, 2.75) is 19.8 Å². The Hall–Kier alpha value is -2.77. The predicted molar refractivity (Wildman–Crippen MR) is 134 cm³/mol. The number of thioether (sulfide) groups is 1. The fourth-order valence-corrected chi connectivity index (χ4v) is 7.47. The van der Waals surface area contributed by atoms with Crippen LogP contribution < -0.4 is 9.04 Å². The summed E-state index contributed by atoms with van der Waals surface area (Å²) in [6, 6.07) is 12.4. The van der Waals surface area contributed by atoms with Crippen molar-refractivity contribution < 1.29 is 35.9 Å². The van der Waals surface area contributed by atoms with Crippen LogP contribution >= 0.6 is 23.1 Å². The molecule has 0 atom stereocenters. The Balaban J connectivity index is 1.64. The van der Waals surface area contributed by atoms with Gasteiger partial charge in [-0.15, -0.1) is 24.5 Å². The Morgan fingerprint density at radius 2 is 1.78 bits per heavy atom. The third-order valence-electron chi connectivity index (χ3n) is 5.54. The number of anilines is 1. The minimum absolute atomic E-state index is 0.134. The Bertz CT molecular complexity index is 1390. The van der Waals surface area contributed by atoms with Crippen LogP contribution in [-0.4, -0.2) is 55.3 Å². The maximum Gasteiger partial charge on any atom is 0.573 e. The van der Waals surface area contributed by atoms with E-state index >= 15 is 0 Å². The molecule has 7 nitrogen and oxygen atoms in total. The molecule has 3 aromatic rings. The van der Waals surface area contributed by atoms with Gasteiger partial charge >= 0.3 is 12.3 Å². The highest BCUT2D eigenvalue weighted by molar-refractivity contribution is 8.15. The maximum absolute atomic E-state index is 13.6. The molecule has 1 saturated heterocycles. The highest BCUT2D eigenvalue weighted by atomic mass is 32.2. The summed E-state index contributed by atoms with van der Waals surface area (Å²) in [5.74, 6) is -1.15. The predicted octanol–water partition coefficient (Wildman–Crippen LogP) is 4.55. The largest absolute Gasteiger partial charge is 0.573 e. The fourth-order valence-electron chi connectivity index (χ4n) is 3.75. The average molecular weight is 559 g/mol. The smallest absolute Gasteiger partial charge is 0.406 e. The Morgan fingerprint density at radius 3 is 2.44 bits per heavy atom. The molecule has 1 amide bonds. The standard InChI is InChI=1S/C23H21F3N2O5S3/c1-15-18-4-2-3-5-19(18)35-21(15)28(14-16-6-8-17(9-7-16)33-23(24,25)26)36(31,32)13-11-27-10-12-34-22(30)20(27)29/h2-9H,10-14H2,1H3.